The zero-order chi connectivity index (χ0) is 23.8. The standard InChI is InChI=1S/C23H29N5O4S/c1-23(2,3)32-22(29)27-13-7-8-16(15-27)28(33(30,31)17-9-5-4-6-10-17)20-18-11-12-25-21(18)26-14-19(20)24/h4-6,9-12,14,16H,7-8,13,15,24H2,1-3H3,(H,25,26). The number of carbonyl (C=O) groups excluding carboxylic acids is 1. The van der Waals surface area contributed by atoms with Gasteiger partial charge in [0.05, 0.1) is 28.5 Å². The van der Waals surface area contributed by atoms with Crippen molar-refractivity contribution in [3.05, 3.63) is 48.8 Å². The fraction of sp³-hybridized carbons (Fsp3) is 0.391. The minimum absolute atomic E-state index is 0.152. The summed E-state index contributed by atoms with van der Waals surface area (Å²) in [5.41, 5.74) is 6.81. The van der Waals surface area contributed by atoms with E-state index in [1.54, 1.807) is 68.3 Å². The number of ether oxygens (including phenoxy) is 1. The Kier molecular flexibility index (Phi) is 5.96. The topological polar surface area (TPSA) is 122 Å². The summed E-state index contributed by atoms with van der Waals surface area (Å²) in [6, 6.07) is 9.47. The van der Waals surface area contributed by atoms with E-state index < -0.39 is 27.8 Å². The van der Waals surface area contributed by atoms with Crippen LogP contribution in [-0.4, -0.2) is 54.1 Å². The molecule has 33 heavy (non-hydrogen) atoms. The second-order valence-corrected chi connectivity index (χ2v) is 11.0. The van der Waals surface area contributed by atoms with Gasteiger partial charge in [0.25, 0.3) is 10.0 Å². The third kappa shape index (κ3) is 4.61. The lowest BCUT2D eigenvalue weighted by atomic mass is 10.1. The number of nitrogens with two attached hydrogens (primary N) is 1. The molecule has 3 heterocycles. The van der Waals surface area contributed by atoms with Gasteiger partial charge in [-0.1, -0.05) is 18.2 Å². The number of carbonyl (C=O) groups is 1. The summed E-state index contributed by atoms with van der Waals surface area (Å²) in [7, 11) is -4.00. The Morgan fingerprint density at radius 2 is 1.97 bits per heavy atom. The number of anilines is 2. The molecule has 4 rings (SSSR count). The Labute approximate surface area is 193 Å². The van der Waals surface area contributed by atoms with Crippen molar-refractivity contribution in [1.29, 1.82) is 0 Å². The van der Waals surface area contributed by atoms with Gasteiger partial charge in [0.15, 0.2) is 0 Å². The van der Waals surface area contributed by atoms with Crippen LogP contribution in [0.15, 0.2) is 53.7 Å². The van der Waals surface area contributed by atoms with E-state index >= 15 is 0 Å². The summed E-state index contributed by atoms with van der Waals surface area (Å²) in [6.07, 6.45) is 3.89. The molecule has 0 saturated carbocycles. The van der Waals surface area contributed by atoms with Gasteiger partial charge < -0.3 is 20.4 Å². The molecule has 1 fully saturated rings. The third-order valence-corrected chi connectivity index (χ3v) is 7.35. The van der Waals surface area contributed by atoms with Crippen LogP contribution < -0.4 is 10.0 Å². The normalized spacial score (nSPS) is 17.2. The van der Waals surface area contributed by atoms with Gasteiger partial charge in [-0.15, -0.1) is 0 Å². The van der Waals surface area contributed by atoms with Crippen LogP contribution in [-0.2, 0) is 14.8 Å². The molecule has 1 atom stereocenters. The maximum absolute atomic E-state index is 14.0. The lowest BCUT2D eigenvalue weighted by Gasteiger charge is -2.40. The number of likely N-dealkylation sites (tertiary alicyclic amines) is 1. The predicted molar refractivity (Wildman–Crippen MR) is 127 cm³/mol. The number of nitrogens with one attached hydrogen (secondary N) is 1. The van der Waals surface area contributed by atoms with Crippen molar-refractivity contribution in [2.45, 2.75) is 50.2 Å². The second kappa shape index (κ2) is 8.58. The van der Waals surface area contributed by atoms with Crippen molar-refractivity contribution >= 4 is 38.5 Å². The minimum atomic E-state index is -4.00. The highest BCUT2D eigenvalue weighted by Gasteiger charge is 2.38. The number of aromatic nitrogens is 2. The van der Waals surface area contributed by atoms with Crippen molar-refractivity contribution < 1.29 is 17.9 Å². The largest absolute Gasteiger partial charge is 0.444 e. The van der Waals surface area contributed by atoms with Crippen molar-refractivity contribution in [2.24, 2.45) is 0 Å². The van der Waals surface area contributed by atoms with Crippen LogP contribution in [0.25, 0.3) is 11.0 Å². The van der Waals surface area contributed by atoms with Gasteiger partial charge in [-0.25, -0.2) is 18.2 Å². The number of benzene rings is 1. The lowest BCUT2D eigenvalue weighted by molar-refractivity contribution is 0.0202. The van der Waals surface area contributed by atoms with Crippen LogP contribution >= 0.6 is 0 Å². The molecule has 1 aliphatic heterocycles. The first-order valence-corrected chi connectivity index (χ1v) is 12.3. The van der Waals surface area contributed by atoms with E-state index in [-0.39, 0.29) is 17.1 Å². The molecule has 1 saturated heterocycles. The molecule has 3 aromatic rings. The summed E-state index contributed by atoms with van der Waals surface area (Å²) in [5.74, 6) is 0. The van der Waals surface area contributed by atoms with E-state index in [4.69, 9.17) is 10.5 Å². The van der Waals surface area contributed by atoms with Gasteiger partial charge in [0.1, 0.15) is 11.2 Å². The average molecular weight is 472 g/mol. The maximum atomic E-state index is 14.0. The smallest absolute Gasteiger partial charge is 0.410 e. The quantitative estimate of drug-likeness (QED) is 0.598. The molecule has 3 N–H and O–H groups in total. The molecule has 1 aliphatic rings. The van der Waals surface area contributed by atoms with Gasteiger partial charge >= 0.3 is 6.09 Å². The average Bonchev–Trinajstić information content (AvgIpc) is 3.24. The first kappa shape index (κ1) is 22.9. The number of piperidine rings is 1. The molecule has 0 bridgehead atoms. The zero-order valence-electron chi connectivity index (χ0n) is 19.0. The molecule has 1 unspecified atom stereocenters. The SMILES string of the molecule is CC(C)(C)OC(=O)N1CCCC(N(c2c(N)cnc3[nH]ccc23)S(=O)(=O)c2ccccc2)C1. The Bertz CT molecular complexity index is 1250. The fourth-order valence-electron chi connectivity index (χ4n) is 4.10. The highest BCUT2D eigenvalue weighted by atomic mass is 32.2. The number of rotatable bonds is 4. The number of hydrogen-bond donors (Lipinski definition) is 2. The number of pyridine rings is 1. The van der Waals surface area contributed by atoms with Crippen LogP contribution in [0.3, 0.4) is 0 Å². The van der Waals surface area contributed by atoms with E-state index in [0.717, 1.165) is 0 Å². The molecule has 1 aromatic carbocycles. The molecule has 9 nitrogen and oxygen atoms in total. The molecule has 2 aromatic heterocycles. The van der Waals surface area contributed by atoms with Crippen LogP contribution in [0.1, 0.15) is 33.6 Å². The molecular weight excluding hydrogens is 442 g/mol. The number of hydrogen-bond acceptors (Lipinski definition) is 6. The van der Waals surface area contributed by atoms with Crippen LogP contribution in [0.4, 0.5) is 16.2 Å². The zero-order valence-corrected chi connectivity index (χ0v) is 19.8. The maximum Gasteiger partial charge on any atom is 0.410 e. The third-order valence-electron chi connectivity index (χ3n) is 5.49. The molecule has 0 aliphatic carbocycles. The molecule has 1 amide bonds. The number of fused-ring (bicyclic) bond motifs is 1. The van der Waals surface area contributed by atoms with Gasteiger partial charge in [-0.05, 0) is 51.8 Å². The summed E-state index contributed by atoms with van der Waals surface area (Å²) < 4.78 is 34.8. The highest BCUT2D eigenvalue weighted by Crippen LogP contribution is 2.38. The Morgan fingerprint density at radius 3 is 2.67 bits per heavy atom. The lowest BCUT2D eigenvalue weighted by Crippen LogP contribution is -2.53. The van der Waals surface area contributed by atoms with Crippen LogP contribution in [0.5, 0.6) is 0 Å². The number of nitrogens with zero attached hydrogens (tertiary/aromatic N) is 3. The summed E-state index contributed by atoms with van der Waals surface area (Å²) >= 11 is 0. The summed E-state index contributed by atoms with van der Waals surface area (Å²) in [4.78, 5) is 21.8. The number of amides is 1. The van der Waals surface area contributed by atoms with E-state index in [9.17, 15) is 13.2 Å². The molecular formula is C23H29N5O4S. The number of H-pyrrole nitrogens is 1. The van der Waals surface area contributed by atoms with E-state index in [1.807, 2.05) is 0 Å². The molecule has 0 radical (unpaired) electrons. The summed E-state index contributed by atoms with van der Waals surface area (Å²) in [6.45, 7) is 6.10. The van der Waals surface area contributed by atoms with Crippen molar-refractivity contribution in [3.63, 3.8) is 0 Å². The van der Waals surface area contributed by atoms with Gasteiger partial charge in [0, 0.05) is 24.7 Å². The van der Waals surface area contributed by atoms with Crippen molar-refractivity contribution in [3.8, 4) is 0 Å². The minimum Gasteiger partial charge on any atom is -0.444 e. The fourth-order valence-corrected chi connectivity index (χ4v) is 5.84. The van der Waals surface area contributed by atoms with E-state index in [0.29, 0.717) is 36.1 Å². The monoisotopic (exact) mass is 471 g/mol. The van der Waals surface area contributed by atoms with Gasteiger partial charge in [-0.3, -0.25) is 4.31 Å². The number of sulfonamides is 1. The van der Waals surface area contributed by atoms with Crippen LogP contribution in [0, 0.1) is 0 Å². The molecule has 176 valence electrons. The highest BCUT2D eigenvalue weighted by molar-refractivity contribution is 7.93. The van der Waals surface area contributed by atoms with Crippen molar-refractivity contribution in [2.75, 3.05) is 23.1 Å². The van der Waals surface area contributed by atoms with Crippen molar-refractivity contribution in [1.82, 2.24) is 14.9 Å². The molecule has 10 heteroatoms. The summed E-state index contributed by atoms with van der Waals surface area (Å²) in [5, 5.41) is 0.601. The van der Waals surface area contributed by atoms with E-state index in [1.165, 1.54) is 10.5 Å². The Balaban J connectivity index is 1.81. The predicted octanol–water partition coefficient (Wildman–Crippen LogP) is 3.74. The van der Waals surface area contributed by atoms with Gasteiger partial charge in [-0.2, -0.15) is 0 Å². The number of nitrogen functional groups attached to an aromatic ring is 1. The van der Waals surface area contributed by atoms with Crippen LogP contribution in [0.2, 0.25) is 0 Å². The second-order valence-electron chi connectivity index (χ2n) is 9.14. The number of aromatic amines is 1. The first-order chi connectivity index (χ1) is 15.6. The van der Waals surface area contributed by atoms with Gasteiger partial charge in [0.2, 0.25) is 0 Å². The Morgan fingerprint density at radius 1 is 1.24 bits per heavy atom. The molecule has 0 spiro atoms. The Hall–Kier alpha value is -3.27. The van der Waals surface area contributed by atoms with E-state index in [2.05, 4.69) is 9.97 Å². The first-order valence-electron chi connectivity index (χ1n) is 10.9.